The molecule has 1 aromatic heterocycles. The number of nitrogens with two attached hydrogens (primary N) is 1. The average molecular weight is 298 g/mol. The number of nitrogens with zero attached hydrogens (tertiary/aromatic N) is 2. The second kappa shape index (κ2) is 6.43. The Bertz CT molecular complexity index is 666. The molecule has 6 nitrogen and oxygen atoms in total. The lowest BCUT2D eigenvalue weighted by atomic mass is 9.84. The van der Waals surface area contributed by atoms with E-state index in [1.807, 2.05) is 30.3 Å². The molecule has 114 valence electrons. The summed E-state index contributed by atoms with van der Waals surface area (Å²) in [5, 5.41) is 10.4. The van der Waals surface area contributed by atoms with E-state index in [9.17, 15) is 4.79 Å². The van der Waals surface area contributed by atoms with Crippen molar-refractivity contribution >= 4 is 23.5 Å². The average Bonchev–Trinajstić information content (AvgIpc) is 2.91. The molecule has 22 heavy (non-hydrogen) atoms. The van der Waals surface area contributed by atoms with Crippen molar-refractivity contribution in [3.63, 3.8) is 0 Å². The van der Waals surface area contributed by atoms with E-state index < -0.39 is 0 Å². The van der Waals surface area contributed by atoms with Crippen LogP contribution in [0.15, 0.2) is 41.0 Å². The summed E-state index contributed by atoms with van der Waals surface area (Å²) in [5.74, 6) is 1.07. The van der Waals surface area contributed by atoms with Gasteiger partial charge in [-0.15, -0.1) is 0 Å². The number of aromatic nitrogens is 2. The zero-order valence-electron chi connectivity index (χ0n) is 12.1. The molecular formula is C16H18N4O2. The van der Waals surface area contributed by atoms with Gasteiger partial charge in [0.1, 0.15) is 5.78 Å². The van der Waals surface area contributed by atoms with E-state index in [0.29, 0.717) is 18.7 Å². The number of carbonyl (C=O) groups excluding carboxylic acids is 1. The van der Waals surface area contributed by atoms with Crippen molar-refractivity contribution < 1.29 is 9.42 Å². The zero-order valence-corrected chi connectivity index (χ0v) is 12.1. The van der Waals surface area contributed by atoms with Crippen LogP contribution in [0.3, 0.4) is 0 Å². The largest absolute Gasteiger partial charge is 0.378 e. The molecule has 0 saturated heterocycles. The van der Waals surface area contributed by atoms with E-state index in [1.165, 1.54) is 0 Å². The number of benzene rings is 1. The van der Waals surface area contributed by atoms with E-state index >= 15 is 0 Å². The van der Waals surface area contributed by atoms with Gasteiger partial charge in [-0.1, -0.05) is 42.5 Å². The van der Waals surface area contributed by atoms with Gasteiger partial charge in [-0.05, 0) is 28.2 Å². The van der Waals surface area contributed by atoms with Crippen LogP contribution in [0.4, 0.5) is 11.6 Å². The Hall–Kier alpha value is -2.63. The third-order valence-corrected chi connectivity index (χ3v) is 3.77. The molecule has 1 aromatic carbocycles. The van der Waals surface area contributed by atoms with Crippen molar-refractivity contribution in [2.24, 2.45) is 5.92 Å². The van der Waals surface area contributed by atoms with E-state index in [2.05, 4.69) is 32.4 Å². The first-order chi connectivity index (χ1) is 10.7. The van der Waals surface area contributed by atoms with Crippen LogP contribution in [0.25, 0.3) is 6.08 Å². The molecule has 3 rings (SSSR count). The molecule has 0 amide bonds. The Morgan fingerprint density at radius 3 is 2.77 bits per heavy atom. The first-order valence-electron chi connectivity index (χ1n) is 7.30. The summed E-state index contributed by atoms with van der Waals surface area (Å²) in [5.41, 5.74) is 6.77. The fraction of sp³-hybridized carbons (Fsp3) is 0.312. The second-order valence-electron chi connectivity index (χ2n) is 5.55. The Morgan fingerprint density at radius 2 is 2.05 bits per heavy atom. The molecule has 0 bridgehead atoms. The van der Waals surface area contributed by atoms with Crippen LogP contribution >= 0.6 is 0 Å². The van der Waals surface area contributed by atoms with Crippen LogP contribution in [0.5, 0.6) is 0 Å². The number of ketones is 1. The topological polar surface area (TPSA) is 94.0 Å². The summed E-state index contributed by atoms with van der Waals surface area (Å²) in [4.78, 5) is 11.9. The molecular weight excluding hydrogens is 280 g/mol. The van der Waals surface area contributed by atoms with Crippen LogP contribution in [-0.4, -0.2) is 22.1 Å². The first kappa shape index (κ1) is 14.3. The SMILES string of the molecule is Nc1nonc1N[C@H]1CC(=O)C[C@H](/C=C/c2ccccc2)C1. The van der Waals surface area contributed by atoms with Gasteiger partial charge < -0.3 is 11.1 Å². The zero-order chi connectivity index (χ0) is 15.4. The summed E-state index contributed by atoms with van der Waals surface area (Å²) in [6.45, 7) is 0. The molecule has 0 unspecified atom stereocenters. The molecule has 6 heteroatoms. The molecule has 0 radical (unpaired) electrons. The van der Waals surface area contributed by atoms with E-state index in [4.69, 9.17) is 5.73 Å². The maximum Gasteiger partial charge on any atom is 0.215 e. The fourth-order valence-corrected chi connectivity index (χ4v) is 2.74. The number of Topliss-reactive ketones (excluding diaryl/α,β-unsaturated/α-hetero) is 1. The number of allylic oxidation sites excluding steroid dienone is 1. The smallest absolute Gasteiger partial charge is 0.215 e. The lowest BCUT2D eigenvalue weighted by Gasteiger charge is -2.27. The van der Waals surface area contributed by atoms with E-state index in [0.717, 1.165) is 12.0 Å². The molecule has 1 saturated carbocycles. The highest BCUT2D eigenvalue weighted by atomic mass is 16.6. The van der Waals surface area contributed by atoms with Crippen LogP contribution in [-0.2, 0) is 4.79 Å². The predicted molar refractivity (Wildman–Crippen MR) is 83.9 cm³/mol. The Balaban J connectivity index is 1.65. The van der Waals surface area contributed by atoms with Crippen LogP contribution in [0.1, 0.15) is 24.8 Å². The summed E-state index contributed by atoms with van der Waals surface area (Å²) >= 11 is 0. The molecule has 3 N–H and O–H groups in total. The Labute approximate surface area is 128 Å². The third-order valence-electron chi connectivity index (χ3n) is 3.77. The van der Waals surface area contributed by atoms with Gasteiger partial charge >= 0.3 is 0 Å². The number of nitrogen functional groups attached to an aromatic ring is 1. The molecule has 1 aliphatic rings. The molecule has 1 fully saturated rings. The number of anilines is 2. The lowest BCUT2D eigenvalue weighted by Crippen LogP contribution is -2.32. The van der Waals surface area contributed by atoms with Gasteiger partial charge in [0, 0.05) is 18.9 Å². The molecule has 1 heterocycles. The Kier molecular flexibility index (Phi) is 4.18. The van der Waals surface area contributed by atoms with E-state index in [1.54, 1.807) is 0 Å². The maximum absolute atomic E-state index is 11.9. The molecule has 2 atom stereocenters. The van der Waals surface area contributed by atoms with Crippen molar-refractivity contribution in [2.45, 2.75) is 25.3 Å². The highest BCUT2D eigenvalue weighted by Crippen LogP contribution is 2.27. The van der Waals surface area contributed by atoms with Gasteiger partial charge in [0.15, 0.2) is 0 Å². The van der Waals surface area contributed by atoms with Crippen LogP contribution in [0.2, 0.25) is 0 Å². The van der Waals surface area contributed by atoms with Gasteiger partial charge in [-0.25, -0.2) is 4.63 Å². The third kappa shape index (κ3) is 3.52. The number of rotatable bonds is 4. The van der Waals surface area contributed by atoms with Gasteiger partial charge in [0.05, 0.1) is 0 Å². The molecule has 0 aliphatic heterocycles. The van der Waals surface area contributed by atoms with Gasteiger partial charge in [-0.2, -0.15) is 0 Å². The van der Waals surface area contributed by atoms with Gasteiger partial charge in [0.25, 0.3) is 0 Å². The minimum atomic E-state index is 0.000809. The number of hydrogen-bond acceptors (Lipinski definition) is 6. The fourth-order valence-electron chi connectivity index (χ4n) is 2.74. The standard InChI is InChI=1S/C16H18N4O2/c17-15-16(20-22-19-15)18-13-8-12(9-14(21)10-13)7-6-11-4-2-1-3-5-11/h1-7,12-13H,8-10H2,(H2,17,19)(H,18,20)/b7-6+/t12-,13-/m1/s1. The quantitative estimate of drug-likeness (QED) is 0.900. The molecule has 2 aromatic rings. The second-order valence-corrected chi connectivity index (χ2v) is 5.55. The summed E-state index contributed by atoms with van der Waals surface area (Å²) in [7, 11) is 0. The van der Waals surface area contributed by atoms with Crippen LogP contribution in [0, 0.1) is 5.92 Å². The minimum absolute atomic E-state index is 0.000809. The highest BCUT2D eigenvalue weighted by Gasteiger charge is 2.27. The summed E-state index contributed by atoms with van der Waals surface area (Å²) in [6, 6.07) is 10.1. The van der Waals surface area contributed by atoms with Crippen molar-refractivity contribution in [1.29, 1.82) is 0 Å². The monoisotopic (exact) mass is 298 g/mol. The van der Waals surface area contributed by atoms with Crippen molar-refractivity contribution in [3.05, 3.63) is 42.0 Å². The number of hydrogen-bond donors (Lipinski definition) is 2. The van der Waals surface area contributed by atoms with Crippen molar-refractivity contribution in [3.8, 4) is 0 Å². The normalized spacial score (nSPS) is 22.1. The number of nitrogens with one attached hydrogen (secondary N) is 1. The maximum atomic E-state index is 11.9. The van der Waals surface area contributed by atoms with Crippen molar-refractivity contribution in [1.82, 2.24) is 10.3 Å². The minimum Gasteiger partial charge on any atom is -0.378 e. The highest BCUT2D eigenvalue weighted by molar-refractivity contribution is 5.81. The van der Waals surface area contributed by atoms with Gasteiger partial charge in [0.2, 0.25) is 11.6 Å². The molecule has 0 spiro atoms. The predicted octanol–water partition coefficient (Wildman–Crippen LogP) is 2.51. The van der Waals surface area contributed by atoms with Crippen LogP contribution < -0.4 is 11.1 Å². The van der Waals surface area contributed by atoms with E-state index in [-0.39, 0.29) is 23.6 Å². The first-order valence-corrected chi connectivity index (χ1v) is 7.30. The lowest BCUT2D eigenvalue weighted by molar-refractivity contribution is -0.121. The number of carbonyl (C=O) groups is 1. The molecule has 1 aliphatic carbocycles. The van der Waals surface area contributed by atoms with Crippen molar-refractivity contribution in [2.75, 3.05) is 11.1 Å². The summed E-state index contributed by atoms with van der Waals surface area (Å²) in [6.07, 6.45) is 6.06. The van der Waals surface area contributed by atoms with Gasteiger partial charge in [-0.3, -0.25) is 4.79 Å². The Morgan fingerprint density at radius 1 is 1.23 bits per heavy atom. The summed E-state index contributed by atoms with van der Waals surface area (Å²) < 4.78 is 4.56.